The summed E-state index contributed by atoms with van der Waals surface area (Å²) in [7, 11) is 0. The summed E-state index contributed by atoms with van der Waals surface area (Å²) in [5, 5.41) is 24.8. The molecule has 0 aliphatic rings. The van der Waals surface area contributed by atoms with Gasteiger partial charge < -0.3 is 9.13 Å². The maximum atomic E-state index is 10.7. The van der Waals surface area contributed by atoms with Gasteiger partial charge in [0.2, 0.25) is 0 Å². The van der Waals surface area contributed by atoms with Crippen molar-refractivity contribution in [2.45, 2.75) is 6.92 Å². The van der Waals surface area contributed by atoms with E-state index in [0.29, 0.717) is 28.2 Å². The van der Waals surface area contributed by atoms with Crippen molar-refractivity contribution in [1.82, 2.24) is 19.1 Å². The van der Waals surface area contributed by atoms with Crippen LogP contribution >= 0.6 is 0 Å². The molecule has 0 radical (unpaired) electrons. The Morgan fingerprint density at radius 1 is 0.455 bits per heavy atom. The molecule has 0 atom stereocenters. The van der Waals surface area contributed by atoms with E-state index >= 15 is 0 Å². The molecule has 10 aromatic rings. The van der Waals surface area contributed by atoms with Crippen molar-refractivity contribution in [2.75, 3.05) is 0 Å². The van der Waals surface area contributed by atoms with Gasteiger partial charge in [0, 0.05) is 49.6 Å². The number of aromatic nitrogens is 4. The summed E-state index contributed by atoms with van der Waals surface area (Å²) in [6.45, 7) is 2.06. The molecule has 3 heterocycles. The van der Waals surface area contributed by atoms with Gasteiger partial charge in [-0.3, -0.25) is 0 Å². The number of nitrogens with zero attached hydrogens (tertiary/aromatic N) is 6. The molecule has 0 aliphatic heterocycles. The smallest absolute Gasteiger partial charge is 0.160 e. The molecule has 256 valence electrons. The second-order valence-electron chi connectivity index (χ2n) is 13.8. The zero-order valence-electron chi connectivity index (χ0n) is 29.8. The highest BCUT2D eigenvalue weighted by Gasteiger charge is 2.19. The predicted molar refractivity (Wildman–Crippen MR) is 221 cm³/mol. The van der Waals surface area contributed by atoms with E-state index in [1.807, 2.05) is 42.5 Å². The van der Waals surface area contributed by atoms with Crippen LogP contribution in [0.2, 0.25) is 0 Å². The largest absolute Gasteiger partial charge is 0.309 e. The fourth-order valence-corrected chi connectivity index (χ4v) is 7.85. The van der Waals surface area contributed by atoms with Crippen molar-refractivity contribution < 1.29 is 0 Å². The van der Waals surface area contributed by atoms with Gasteiger partial charge in [0.1, 0.15) is 0 Å². The van der Waals surface area contributed by atoms with Crippen LogP contribution in [-0.4, -0.2) is 19.1 Å². The van der Waals surface area contributed by atoms with E-state index in [-0.39, 0.29) is 0 Å². The maximum Gasteiger partial charge on any atom is 0.160 e. The highest BCUT2D eigenvalue weighted by Crippen LogP contribution is 2.38. The zero-order valence-corrected chi connectivity index (χ0v) is 29.8. The third-order valence-corrected chi connectivity index (χ3v) is 10.5. The second-order valence-corrected chi connectivity index (χ2v) is 13.8. The average Bonchev–Trinajstić information content (AvgIpc) is 3.76. The van der Waals surface area contributed by atoms with Crippen molar-refractivity contribution in [3.8, 4) is 57.4 Å². The Morgan fingerprint density at radius 3 is 1.60 bits per heavy atom. The summed E-state index contributed by atoms with van der Waals surface area (Å²) in [6, 6.07) is 60.3. The maximum absolute atomic E-state index is 10.7. The van der Waals surface area contributed by atoms with Crippen LogP contribution in [0.25, 0.3) is 88.9 Å². The number of rotatable bonds is 5. The molecule has 0 amide bonds. The summed E-state index contributed by atoms with van der Waals surface area (Å²) >= 11 is 0. The Morgan fingerprint density at radius 2 is 0.982 bits per heavy atom. The molecule has 0 saturated carbocycles. The van der Waals surface area contributed by atoms with Gasteiger partial charge in [-0.15, -0.1) is 0 Å². The van der Waals surface area contributed by atoms with Gasteiger partial charge in [0.15, 0.2) is 5.82 Å². The summed E-state index contributed by atoms with van der Waals surface area (Å²) in [4.78, 5) is 9.94. The Kier molecular flexibility index (Phi) is 7.37. The molecule has 0 N–H and O–H groups in total. The number of fused-ring (bicyclic) bond motifs is 6. The fraction of sp³-hybridized carbons (Fsp3) is 0.0204. The number of para-hydroxylation sites is 3. The number of aryl methyl sites for hydroxylation is 1. The summed E-state index contributed by atoms with van der Waals surface area (Å²) in [6.07, 6.45) is 0. The number of hydrogen-bond donors (Lipinski definition) is 0. The number of benzene rings is 7. The Labute approximate surface area is 317 Å². The van der Waals surface area contributed by atoms with Crippen molar-refractivity contribution in [1.29, 1.82) is 10.5 Å². The molecule has 0 saturated heterocycles. The van der Waals surface area contributed by atoms with Gasteiger partial charge in [0.25, 0.3) is 0 Å². The fourth-order valence-electron chi connectivity index (χ4n) is 7.85. The van der Waals surface area contributed by atoms with E-state index in [0.717, 1.165) is 55.6 Å². The Bertz CT molecular complexity index is 3170. The molecule has 0 bridgehead atoms. The minimum Gasteiger partial charge on any atom is -0.309 e. The third kappa shape index (κ3) is 5.24. The first-order chi connectivity index (χ1) is 27.1. The van der Waals surface area contributed by atoms with Crippen LogP contribution in [0.3, 0.4) is 0 Å². The Balaban J connectivity index is 1.13. The minimum atomic E-state index is 0.504. The van der Waals surface area contributed by atoms with Crippen LogP contribution in [0.5, 0.6) is 0 Å². The first-order valence-electron chi connectivity index (χ1n) is 18.1. The van der Waals surface area contributed by atoms with Crippen LogP contribution in [0.4, 0.5) is 0 Å². The van der Waals surface area contributed by atoms with Crippen LogP contribution in [0.15, 0.2) is 164 Å². The number of nitriles is 2. The molecule has 0 unspecified atom stereocenters. The average molecular weight is 703 g/mol. The summed E-state index contributed by atoms with van der Waals surface area (Å²) in [5.41, 5.74) is 12.5. The van der Waals surface area contributed by atoms with Gasteiger partial charge in [-0.2, -0.15) is 10.5 Å². The van der Waals surface area contributed by atoms with E-state index in [9.17, 15) is 10.5 Å². The zero-order chi connectivity index (χ0) is 37.0. The molecule has 7 aromatic carbocycles. The molecule has 0 aliphatic carbocycles. The first-order valence-corrected chi connectivity index (χ1v) is 18.1. The van der Waals surface area contributed by atoms with Crippen molar-refractivity contribution >= 4 is 43.6 Å². The SMILES string of the molecule is Cc1ccc(-c2cc(-c3ccc(-n4c5ccccc5c5cc(-n6c7ccccc7c7ccccc76)ccc54)cc3C#N)nc(-c3ccc(C#N)cc3)n2)cc1. The summed E-state index contributed by atoms with van der Waals surface area (Å²) in [5.74, 6) is 0.520. The van der Waals surface area contributed by atoms with Crippen LogP contribution in [-0.2, 0) is 0 Å². The van der Waals surface area contributed by atoms with Crippen LogP contribution < -0.4 is 0 Å². The number of hydrogen-bond acceptors (Lipinski definition) is 4. The highest BCUT2D eigenvalue weighted by atomic mass is 15.0. The molecule has 6 heteroatoms. The van der Waals surface area contributed by atoms with Gasteiger partial charge in [0.05, 0.1) is 56.7 Å². The van der Waals surface area contributed by atoms with Gasteiger partial charge >= 0.3 is 0 Å². The van der Waals surface area contributed by atoms with Crippen molar-refractivity contribution in [3.05, 3.63) is 180 Å². The van der Waals surface area contributed by atoms with E-state index < -0.39 is 0 Å². The molecule has 6 nitrogen and oxygen atoms in total. The summed E-state index contributed by atoms with van der Waals surface area (Å²) < 4.78 is 4.59. The molecular weight excluding hydrogens is 673 g/mol. The van der Waals surface area contributed by atoms with Crippen molar-refractivity contribution in [3.63, 3.8) is 0 Å². The van der Waals surface area contributed by atoms with Gasteiger partial charge in [-0.1, -0.05) is 84.4 Å². The van der Waals surface area contributed by atoms with Crippen LogP contribution in [0, 0.1) is 29.6 Å². The monoisotopic (exact) mass is 702 g/mol. The lowest BCUT2D eigenvalue weighted by molar-refractivity contribution is 1.16. The second kappa shape index (κ2) is 12.7. The molecule has 0 fully saturated rings. The normalized spacial score (nSPS) is 11.3. The minimum absolute atomic E-state index is 0.504. The lowest BCUT2D eigenvalue weighted by atomic mass is 10.0. The third-order valence-electron chi connectivity index (χ3n) is 10.5. The van der Waals surface area contributed by atoms with Gasteiger partial charge in [-0.05, 0) is 91.9 Å². The molecular formula is C49H30N6. The quantitative estimate of drug-likeness (QED) is 0.179. The molecule has 0 spiro atoms. The van der Waals surface area contributed by atoms with Crippen LogP contribution in [0.1, 0.15) is 16.7 Å². The predicted octanol–water partition coefficient (Wildman–Crippen LogP) is 11.7. The van der Waals surface area contributed by atoms with E-state index in [1.165, 1.54) is 21.8 Å². The lowest BCUT2D eigenvalue weighted by Crippen LogP contribution is -1.99. The Hall–Kier alpha value is -7.80. The van der Waals surface area contributed by atoms with E-state index in [1.54, 1.807) is 12.1 Å². The topological polar surface area (TPSA) is 83.2 Å². The lowest BCUT2D eigenvalue weighted by Gasteiger charge is -2.13. The molecule has 10 rings (SSSR count). The standard InChI is InChI=1S/C49H30N6/c1-31-14-18-33(19-15-31)43-28-44(53-49(52-43)34-20-16-32(29-50)17-21-34)38-24-22-36(26-35(38)30-51)54-47-13-7-4-10-41(47)42-27-37(23-25-48(42)54)55-45-11-5-2-8-39(45)40-9-3-6-12-46(40)55/h2-28H,1H3. The molecule has 55 heavy (non-hydrogen) atoms. The van der Waals surface area contributed by atoms with Gasteiger partial charge in [-0.25, -0.2) is 9.97 Å². The van der Waals surface area contributed by atoms with Crippen molar-refractivity contribution in [2.24, 2.45) is 0 Å². The van der Waals surface area contributed by atoms with E-state index in [2.05, 4.69) is 137 Å². The van der Waals surface area contributed by atoms with E-state index in [4.69, 9.17) is 9.97 Å². The highest BCUT2D eigenvalue weighted by molar-refractivity contribution is 6.12. The molecule has 3 aromatic heterocycles. The first kappa shape index (κ1) is 31.9.